The van der Waals surface area contributed by atoms with Gasteiger partial charge in [-0.05, 0) is 0 Å². The van der Waals surface area contributed by atoms with E-state index in [9.17, 15) is 8.78 Å². The van der Waals surface area contributed by atoms with E-state index in [0.717, 1.165) is 0 Å². The molecule has 0 fully saturated rings. The Morgan fingerprint density at radius 1 is 0.688 bits per heavy atom. The van der Waals surface area contributed by atoms with Gasteiger partial charge in [0.2, 0.25) is 0 Å². The van der Waals surface area contributed by atoms with Crippen LogP contribution in [0.5, 0.6) is 0 Å². The van der Waals surface area contributed by atoms with Crippen molar-refractivity contribution < 1.29 is 8.78 Å². The second-order valence-electron chi connectivity index (χ2n) is 3.51. The second kappa shape index (κ2) is 4.97. The zero-order valence-electron chi connectivity index (χ0n) is 8.82. The fourth-order valence-corrected chi connectivity index (χ4v) is 5.73. The topological polar surface area (TPSA) is 0 Å². The molecule has 82 valence electrons. The number of hydrogen-bond acceptors (Lipinski definition) is 0. The normalized spacial score (nSPS) is 10.8. The van der Waals surface area contributed by atoms with Crippen LogP contribution < -0.4 is 7.02 Å². The molecule has 2 aromatic carbocycles. The Kier molecular flexibility index (Phi) is 3.60. The molecule has 0 N–H and O–H groups in total. The third kappa shape index (κ3) is 2.62. The fourth-order valence-electron chi connectivity index (χ4n) is 1.48. The molecule has 0 spiro atoms. The molecule has 0 aromatic heterocycles. The summed E-state index contributed by atoms with van der Waals surface area (Å²) in [6.45, 7) is 0. The Balaban J connectivity index is 2.28. The minimum atomic E-state index is -1.75. The van der Waals surface area contributed by atoms with Gasteiger partial charge < -0.3 is 0 Å². The van der Waals surface area contributed by atoms with Crippen molar-refractivity contribution in [3.8, 4) is 0 Å². The van der Waals surface area contributed by atoms with Crippen LogP contribution in [0.1, 0.15) is 0 Å². The average molecular weight is 327 g/mol. The van der Waals surface area contributed by atoms with Crippen molar-refractivity contribution >= 4 is 27.2 Å². The summed E-state index contributed by atoms with van der Waals surface area (Å²) in [5, 5.41) is 0. The quantitative estimate of drug-likeness (QED) is 0.742. The van der Waals surface area contributed by atoms with Crippen molar-refractivity contribution in [2.24, 2.45) is 0 Å². The molecule has 0 saturated heterocycles. The number of benzene rings is 2. The molecule has 0 radical (unpaired) electrons. The van der Waals surface area contributed by atoms with E-state index in [1.807, 2.05) is 24.3 Å². The molecule has 0 atom stereocenters. The van der Waals surface area contributed by atoms with E-state index < -0.39 is 20.2 Å². The summed E-state index contributed by atoms with van der Waals surface area (Å²) < 4.78 is 28.0. The van der Waals surface area contributed by atoms with Crippen molar-refractivity contribution in [3.63, 3.8) is 0 Å². The Hall–Kier alpha value is -0.882. The first-order valence-electron chi connectivity index (χ1n) is 4.92. The minimum absolute atomic E-state index is 0.211. The molecule has 0 amide bonds. The van der Waals surface area contributed by atoms with Crippen molar-refractivity contribution in [2.75, 3.05) is 0 Å². The van der Waals surface area contributed by atoms with E-state index in [4.69, 9.17) is 0 Å². The predicted octanol–water partition coefficient (Wildman–Crippen LogP) is 2.20. The summed E-state index contributed by atoms with van der Waals surface area (Å²) in [6.07, 6.45) is 0. The van der Waals surface area contributed by atoms with Crippen LogP contribution in [-0.4, -0.2) is 20.2 Å². The van der Waals surface area contributed by atoms with Crippen LogP contribution >= 0.6 is 0 Å². The summed E-state index contributed by atoms with van der Waals surface area (Å²) in [7, 11) is 0. The number of hydrogen-bond donors (Lipinski definition) is 0. The summed E-state index contributed by atoms with van der Waals surface area (Å²) in [5.74, 6) is -0.423. The Labute approximate surface area is 101 Å². The summed E-state index contributed by atoms with van der Waals surface area (Å²) in [5.41, 5.74) is 0. The predicted molar refractivity (Wildman–Crippen MR) is 63.7 cm³/mol. The van der Waals surface area contributed by atoms with Crippen molar-refractivity contribution in [3.05, 3.63) is 60.2 Å². The van der Waals surface area contributed by atoms with E-state index in [2.05, 4.69) is 4.87 Å². The summed E-state index contributed by atoms with van der Waals surface area (Å²) >= 11 is -1.75. The maximum absolute atomic E-state index is 12.8. The van der Waals surface area contributed by atoms with Crippen LogP contribution in [0, 0.1) is 11.6 Å². The number of halogens is 2. The van der Waals surface area contributed by atoms with Gasteiger partial charge >= 0.3 is 101 Å². The van der Waals surface area contributed by atoms with Crippen LogP contribution in [0.4, 0.5) is 8.78 Å². The molecule has 0 aliphatic carbocycles. The molecule has 0 heterocycles. The average Bonchev–Trinajstić information content (AvgIpc) is 2.30. The molecule has 2 aromatic rings. The molecule has 0 aliphatic heterocycles. The molecule has 3 heteroatoms. The first-order chi connectivity index (χ1) is 7.66. The van der Waals surface area contributed by atoms with Crippen LogP contribution in [0.3, 0.4) is 0 Å². The van der Waals surface area contributed by atoms with Crippen molar-refractivity contribution in [1.82, 2.24) is 0 Å². The van der Waals surface area contributed by atoms with Gasteiger partial charge in [-0.2, -0.15) is 0 Å². The second-order valence-corrected chi connectivity index (χ2v) is 9.65. The van der Waals surface area contributed by atoms with Gasteiger partial charge in [-0.3, -0.25) is 0 Å². The van der Waals surface area contributed by atoms with Gasteiger partial charge in [-0.15, -0.1) is 0 Å². The van der Waals surface area contributed by atoms with Crippen LogP contribution in [0.15, 0.2) is 48.5 Å². The zero-order valence-corrected chi connectivity index (χ0v) is 11.4. The first kappa shape index (κ1) is 11.6. The van der Waals surface area contributed by atoms with E-state index in [0.29, 0.717) is 0 Å². The first-order valence-corrected chi connectivity index (χ1v) is 10.0. The molecule has 16 heavy (non-hydrogen) atoms. The molecule has 2 rings (SSSR count). The van der Waals surface area contributed by atoms with E-state index in [1.54, 1.807) is 0 Å². The standard InChI is InChI=1S/2C6H4F.CH3.Sb/c2*7-6-4-2-1-3-5-6;;/h2*2-5H;1H3;. The third-order valence-electron chi connectivity index (χ3n) is 2.43. The van der Waals surface area contributed by atoms with Gasteiger partial charge in [0.1, 0.15) is 0 Å². The third-order valence-corrected chi connectivity index (χ3v) is 8.55. The molecular weight excluding hydrogens is 316 g/mol. The summed E-state index contributed by atoms with van der Waals surface area (Å²) in [4.78, 5) is 2.20. The fraction of sp³-hybridized carbons (Fsp3) is 0.0769. The Morgan fingerprint density at radius 2 is 1.00 bits per heavy atom. The van der Waals surface area contributed by atoms with Gasteiger partial charge in [-0.1, -0.05) is 0 Å². The van der Waals surface area contributed by atoms with Crippen molar-refractivity contribution in [2.45, 2.75) is 4.87 Å². The van der Waals surface area contributed by atoms with Crippen LogP contribution in [-0.2, 0) is 0 Å². The van der Waals surface area contributed by atoms with Gasteiger partial charge in [0, 0.05) is 0 Å². The molecule has 0 saturated carbocycles. The maximum atomic E-state index is 12.8. The Bertz CT molecular complexity index is 417. The molecule has 0 nitrogen and oxygen atoms in total. The molecule has 0 aliphatic rings. The van der Waals surface area contributed by atoms with Crippen LogP contribution in [0.25, 0.3) is 0 Å². The van der Waals surface area contributed by atoms with Crippen LogP contribution in [0.2, 0.25) is 4.87 Å². The molecule has 0 bridgehead atoms. The SMILES string of the molecule is [CH3][Sb]([c]1ccc(F)cc1)[c]1ccc(F)cc1. The van der Waals surface area contributed by atoms with Gasteiger partial charge in [0.05, 0.1) is 0 Å². The van der Waals surface area contributed by atoms with E-state index >= 15 is 0 Å². The summed E-state index contributed by atoms with van der Waals surface area (Å²) in [6, 6.07) is 13.3. The van der Waals surface area contributed by atoms with Gasteiger partial charge in [0.25, 0.3) is 0 Å². The van der Waals surface area contributed by atoms with Gasteiger partial charge in [0.15, 0.2) is 0 Å². The Morgan fingerprint density at radius 3 is 1.31 bits per heavy atom. The van der Waals surface area contributed by atoms with E-state index in [1.165, 1.54) is 31.3 Å². The van der Waals surface area contributed by atoms with E-state index in [-0.39, 0.29) is 11.6 Å². The monoisotopic (exact) mass is 326 g/mol. The molecule has 0 unspecified atom stereocenters. The van der Waals surface area contributed by atoms with Gasteiger partial charge in [-0.25, -0.2) is 0 Å². The number of rotatable bonds is 2. The van der Waals surface area contributed by atoms with Crippen molar-refractivity contribution in [1.29, 1.82) is 0 Å². The molecular formula is C13H11F2Sb. The zero-order chi connectivity index (χ0) is 11.5.